The van der Waals surface area contributed by atoms with Crippen LogP contribution < -0.4 is 0 Å². The SMILES string of the molecule is CCCCCCCCCCCCCCOC(=O)c1ccccc1C(=O)OC(C(C)C)C(C)C. The summed E-state index contributed by atoms with van der Waals surface area (Å²) in [5, 5.41) is 0. The van der Waals surface area contributed by atoms with E-state index >= 15 is 0 Å². The average Bonchev–Trinajstić information content (AvgIpc) is 2.79. The Balaban J connectivity index is 2.30. The summed E-state index contributed by atoms with van der Waals surface area (Å²) in [7, 11) is 0. The number of unbranched alkanes of at least 4 members (excludes halogenated alkanes) is 11. The fourth-order valence-corrected chi connectivity index (χ4v) is 4.25. The van der Waals surface area contributed by atoms with E-state index in [1.807, 2.05) is 27.7 Å². The monoisotopic (exact) mass is 460 g/mol. The Morgan fingerprint density at radius 2 is 1.09 bits per heavy atom. The molecule has 0 radical (unpaired) electrons. The highest BCUT2D eigenvalue weighted by Gasteiger charge is 2.25. The van der Waals surface area contributed by atoms with Gasteiger partial charge in [0.2, 0.25) is 0 Å². The molecule has 33 heavy (non-hydrogen) atoms. The van der Waals surface area contributed by atoms with Gasteiger partial charge < -0.3 is 9.47 Å². The van der Waals surface area contributed by atoms with Crippen molar-refractivity contribution >= 4 is 11.9 Å². The van der Waals surface area contributed by atoms with Gasteiger partial charge in [-0.05, 0) is 30.4 Å². The Bertz CT molecular complexity index is 657. The lowest BCUT2D eigenvalue weighted by Gasteiger charge is -2.25. The molecular weight excluding hydrogens is 412 g/mol. The van der Waals surface area contributed by atoms with E-state index in [1.165, 1.54) is 64.2 Å². The van der Waals surface area contributed by atoms with Crippen LogP contribution in [0.3, 0.4) is 0 Å². The van der Waals surface area contributed by atoms with Crippen molar-refractivity contribution in [1.29, 1.82) is 0 Å². The molecule has 0 aliphatic heterocycles. The molecule has 0 spiro atoms. The van der Waals surface area contributed by atoms with Crippen LogP contribution in [0, 0.1) is 11.8 Å². The fraction of sp³-hybridized carbons (Fsp3) is 0.724. The molecule has 1 rings (SSSR count). The molecule has 0 fully saturated rings. The standard InChI is InChI=1S/C29H48O4/c1-6-7-8-9-10-11-12-13-14-15-16-19-22-32-28(30)25-20-17-18-21-26(25)29(31)33-27(23(2)3)24(4)5/h17-18,20-21,23-24,27H,6-16,19,22H2,1-5H3. The molecule has 0 saturated heterocycles. The molecule has 1 aromatic rings. The summed E-state index contributed by atoms with van der Waals surface area (Å²) in [5.74, 6) is -0.491. The lowest BCUT2D eigenvalue weighted by atomic mass is 9.96. The molecule has 4 heteroatoms. The Hall–Kier alpha value is -1.84. The molecule has 0 saturated carbocycles. The van der Waals surface area contributed by atoms with Gasteiger partial charge >= 0.3 is 11.9 Å². The van der Waals surface area contributed by atoms with E-state index in [2.05, 4.69) is 6.92 Å². The number of hydrogen-bond acceptors (Lipinski definition) is 4. The summed E-state index contributed by atoms with van der Waals surface area (Å²) in [6.45, 7) is 10.8. The van der Waals surface area contributed by atoms with Crippen molar-refractivity contribution in [2.45, 2.75) is 118 Å². The van der Waals surface area contributed by atoms with Crippen molar-refractivity contribution < 1.29 is 19.1 Å². The molecule has 0 unspecified atom stereocenters. The van der Waals surface area contributed by atoms with Gasteiger partial charge in [-0.1, -0.05) is 117 Å². The Morgan fingerprint density at radius 1 is 0.667 bits per heavy atom. The van der Waals surface area contributed by atoms with E-state index in [0.717, 1.165) is 12.8 Å². The summed E-state index contributed by atoms with van der Waals surface area (Å²) in [4.78, 5) is 25.3. The maximum Gasteiger partial charge on any atom is 0.339 e. The largest absolute Gasteiger partial charge is 0.462 e. The number of carbonyl (C=O) groups is 2. The summed E-state index contributed by atoms with van der Waals surface area (Å²) in [5.41, 5.74) is 0.566. The second kappa shape index (κ2) is 17.6. The topological polar surface area (TPSA) is 52.6 Å². The molecular formula is C29H48O4. The third kappa shape index (κ3) is 12.3. The van der Waals surface area contributed by atoms with E-state index in [9.17, 15) is 9.59 Å². The highest BCUT2D eigenvalue weighted by molar-refractivity contribution is 6.03. The highest BCUT2D eigenvalue weighted by atomic mass is 16.5. The van der Waals surface area contributed by atoms with E-state index in [1.54, 1.807) is 24.3 Å². The molecule has 0 N–H and O–H groups in total. The first-order valence-corrected chi connectivity index (χ1v) is 13.4. The van der Waals surface area contributed by atoms with Gasteiger partial charge in [0, 0.05) is 0 Å². The predicted molar refractivity (Wildman–Crippen MR) is 137 cm³/mol. The molecule has 0 aromatic heterocycles. The van der Waals surface area contributed by atoms with Crippen molar-refractivity contribution in [3.8, 4) is 0 Å². The van der Waals surface area contributed by atoms with Crippen LogP contribution in [0.4, 0.5) is 0 Å². The number of carbonyl (C=O) groups excluding carboxylic acids is 2. The Labute approximate surface area is 202 Å². The van der Waals surface area contributed by atoms with Crippen molar-refractivity contribution in [2.24, 2.45) is 11.8 Å². The quantitative estimate of drug-likeness (QED) is 0.163. The summed E-state index contributed by atoms with van der Waals surface area (Å²) < 4.78 is 11.2. The first-order valence-electron chi connectivity index (χ1n) is 13.4. The Morgan fingerprint density at radius 3 is 1.55 bits per heavy atom. The van der Waals surface area contributed by atoms with Crippen molar-refractivity contribution in [1.82, 2.24) is 0 Å². The smallest absolute Gasteiger partial charge is 0.339 e. The summed E-state index contributed by atoms with van der Waals surface area (Å²) >= 11 is 0. The molecule has 0 heterocycles. The van der Waals surface area contributed by atoms with Crippen LogP contribution in [0.5, 0.6) is 0 Å². The van der Waals surface area contributed by atoms with Crippen molar-refractivity contribution in [3.63, 3.8) is 0 Å². The highest BCUT2D eigenvalue weighted by Crippen LogP contribution is 2.20. The first kappa shape index (κ1) is 29.2. The first-order chi connectivity index (χ1) is 15.9. The number of esters is 2. The minimum absolute atomic E-state index is 0.192. The number of hydrogen-bond donors (Lipinski definition) is 0. The van der Waals surface area contributed by atoms with Gasteiger partial charge in [0.1, 0.15) is 6.10 Å². The maximum atomic E-state index is 12.7. The van der Waals surface area contributed by atoms with Gasteiger partial charge in [0.15, 0.2) is 0 Å². The average molecular weight is 461 g/mol. The molecule has 188 valence electrons. The number of ether oxygens (including phenoxy) is 2. The third-order valence-corrected chi connectivity index (χ3v) is 6.16. The second-order valence-corrected chi connectivity index (χ2v) is 9.93. The third-order valence-electron chi connectivity index (χ3n) is 6.16. The molecule has 1 aromatic carbocycles. The van der Waals surface area contributed by atoms with Crippen molar-refractivity contribution in [2.75, 3.05) is 6.61 Å². The predicted octanol–water partition coefficient (Wildman–Crippen LogP) is 8.38. The van der Waals surface area contributed by atoms with Gasteiger partial charge in [0.25, 0.3) is 0 Å². The number of rotatable bonds is 18. The molecule has 0 bridgehead atoms. The van der Waals surface area contributed by atoms with E-state index in [4.69, 9.17) is 9.47 Å². The van der Waals surface area contributed by atoms with Crippen LogP contribution in [0.25, 0.3) is 0 Å². The van der Waals surface area contributed by atoms with E-state index in [-0.39, 0.29) is 29.1 Å². The van der Waals surface area contributed by atoms with Crippen LogP contribution in [0.2, 0.25) is 0 Å². The van der Waals surface area contributed by atoms with E-state index in [0.29, 0.717) is 6.61 Å². The van der Waals surface area contributed by atoms with Gasteiger partial charge in [-0.2, -0.15) is 0 Å². The molecule has 4 nitrogen and oxygen atoms in total. The minimum Gasteiger partial charge on any atom is -0.462 e. The Kier molecular flexibility index (Phi) is 15.6. The van der Waals surface area contributed by atoms with Gasteiger partial charge in [-0.25, -0.2) is 9.59 Å². The summed E-state index contributed by atoms with van der Waals surface area (Å²) in [6.07, 6.45) is 15.0. The zero-order valence-corrected chi connectivity index (χ0v) is 21.9. The lowest BCUT2D eigenvalue weighted by Crippen LogP contribution is -2.29. The zero-order valence-electron chi connectivity index (χ0n) is 21.9. The van der Waals surface area contributed by atoms with Crippen molar-refractivity contribution in [3.05, 3.63) is 35.4 Å². The van der Waals surface area contributed by atoms with E-state index < -0.39 is 11.9 Å². The molecule has 0 aliphatic carbocycles. The molecule has 0 aliphatic rings. The molecule has 0 amide bonds. The number of benzene rings is 1. The summed E-state index contributed by atoms with van der Waals surface area (Å²) in [6, 6.07) is 6.78. The van der Waals surface area contributed by atoms with Crippen LogP contribution in [0.15, 0.2) is 24.3 Å². The minimum atomic E-state index is -0.458. The van der Waals surface area contributed by atoms with Crippen LogP contribution in [-0.4, -0.2) is 24.6 Å². The maximum absolute atomic E-state index is 12.7. The normalized spacial score (nSPS) is 11.4. The van der Waals surface area contributed by atoms with Crippen LogP contribution in [0.1, 0.15) is 132 Å². The lowest BCUT2D eigenvalue weighted by molar-refractivity contribution is 0.00282. The zero-order chi connectivity index (χ0) is 24.5. The van der Waals surface area contributed by atoms with Crippen LogP contribution >= 0.6 is 0 Å². The molecule has 0 atom stereocenters. The second-order valence-electron chi connectivity index (χ2n) is 9.93. The van der Waals surface area contributed by atoms with Crippen LogP contribution in [-0.2, 0) is 9.47 Å². The fourth-order valence-electron chi connectivity index (χ4n) is 4.25. The van der Waals surface area contributed by atoms with Gasteiger partial charge in [0.05, 0.1) is 17.7 Å². The van der Waals surface area contributed by atoms with Gasteiger partial charge in [-0.15, -0.1) is 0 Å². The van der Waals surface area contributed by atoms with Gasteiger partial charge in [-0.3, -0.25) is 0 Å².